The largest absolute Gasteiger partial charge is 0.491 e. The van der Waals surface area contributed by atoms with Crippen LogP contribution in [0.2, 0.25) is 18.1 Å². The molecule has 2 atom stereocenters. The third-order valence-electron chi connectivity index (χ3n) is 8.83. The van der Waals surface area contributed by atoms with E-state index in [2.05, 4.69) is 45.0 Å². The molecular formula is C38H53NO5Si. The van der Waals surface area contributed by atoms with Crippen LogP contribution < -0.4 is 9.47 Å². The van der Waals surface area contributed by atoms with Crippen LogP contribution in [0.25, 0.3) is 0 Å². The third-order valence-corrected chi connectivity index (χ3v) is 13.5. The van der Waals surface area contributed by atoms with Gasteiger partial charge in [-0.25, -0.2) is 4.79 Å². The number of rotatable bonds is 14. The molecule has 0 spiro atoms. The zero-order valence-electron chi connectivity index (χ0n) is 28.2. The Labute approximate surface area is 272 Å². The topological polar surface area (TPSA) is 57.2 Å². The maximum Gasteiger partial charge on any atom is 0.410 e. The molecule has 1 unspecified atom stereocenters. The summed E-state index contributed by atoms with van der Waals surface area (Å²) in [6.45, 7) is 13.8. The molecule has 0 bridgehead atoms. The van der Waals surface area contributed by atoms with E-state index in [9.17, 15) is 4.79 Å². The quantitative estimate of drug-likeness (QED) is 0.131. The second-order valence-corrected chi connectivity index (χ2v) is 17.9. The van der Waals surface area contributed by atoms with Crippen molar-refractivity contribution in [2.75, 3.05) is 13.2 Å². The van der Waals surface area contributed by atoms with Crippen molar-refractivity contribution in [3.63, 3.8) is 0 Å². The molecule has 0 radical (unpaired) electrons. The predicted molar refractivity (Wildman–Crippen MR) is 184 cm³/mol. The van der Waals surface area contributed by atoms with Gasteiger partial charge in [0.1, 0.15) is 30.3 Å². The van der Waals surface area contributed by atoms with Crippen LogP contribution in [-0.2, 0) is 22.2 Å². The average Bonchev–Trinajstić information content (AvgIpc) is 3.26. The predicted octanol–water partition coefficient (Wildman–Crippen LogP) is 9.74. The van der Waals surface area contributed by atoms with Crippen LogP contribution in [0.1, 0.15) is 83.5 Å². The van der Waals surface area contributed by atoms with Crippen LogP contribution in [0.4, 0.5) is 4.79 Å². The zero-order chi connectivity index (χ0) is 32.3. The standard InChI is InChI=1S/C38H53NO5Si/c1-7-45(8-2,9-3)44-34(29-42-32-21-14-11-15-22-32)27-39(37(40)43-38(4,5)6)36-23-17-16-20-31-26-33(24-25-35(31)36)41-28-30-18-12-10-13-19-30/h10-15,18-19,21-22,24-26,34,36H,7-9,16-17,20,23,27-29H2,1-6H3/t34-,36?/m0/s1. The Bertz CT molecular complexity index is 1310. The number of hydrogen-bond donors (Lipinski definition) is 0. The molecule has 0 saturated heterocycles. The van der Waals surface area contributed by atoms with Gasteiger partial charge in [0.15, 0.2) is 8.32 Å². The van der Waals surface area contributed by atoms with Gasteiger partial charge in [0.05, 0.1) is 18.7 Å². The Morgan fingerprint density at radius 3 is 2.18 bits per heavy atom. The van der Waals surface area contributed by atoms with Crippen LogP contribution in [0, 0.1) is 0 Å². The molecule has 1 aliphatic rings. The van der Waals surface area contributed by atoms with E-state index < -0.39 is 13.9 Å². The van der Waals surface area contributed by atoms with E-state index in [-0.39, 0.29) is 18.2 Å². The summed E-state index contributed by atoms with van der Waals surface area (Å²) in [4.78, 5) is 16.0. The molecule has 0 N–H and O–H groups in total. The highest BCUT2D eigenvalue weighted by molar-refractivity contribution is 6.73. The van der Waals surface area contributed by atoms with Crippen molar-refractivity contribution in [2.45, 2.75) is 110 Å². The highest BCUT2D eigenvalue weighted by Crippen LogP contribution is 2.37. The van der Waals surface area contributed by atoms with Gasteiger partial charge in [0, 0.05) is 0 Å². The number of fused-ring (bicyclic) bond motifs is 1. The Balaban J connectivity index is 1.65. The number of aryl methyl sites for hydroxylation is 1. The van der Waals surface area contributed by atoms with E-state index in [0.717, 1.165) is 66.4 Å². The van der Waals surface area contributed by atoms with Gasteiger partial charge in [-0.15, -0.1) is 0 Å². The Morgan fingerprint density at radius 2 is 1.53 bits per heavy atom. The third kappa shape index (κ3) is 10.1. The van der Waals surface area contributed by atoms with E-state index in [1.54, 1.807) is 0 Å². The minimum atomic E-state index is -2.02. The van der Waals surface area contributed by atoms with Crippen molar-refractivity contribution in [1.82, 2.24) is 4.90 Å². The molecule has 0 aliphatic heterocycles. The number of ether oxygens (including phenoxy) is 3. The van der Waals surface area contributed by atoms with E-state index in [1.807, 2.05) is 80.3 Å². The molecule has 3 aromatic rings. The molecule has 1 aliphatic carbocycles. The molecule has 45 heavy (non-hydrogen) atoms. The van der Waals surface area contributed by atoms with Crippen LogP contribution in [0.5, 0.6) is 11.5 Å². The van der Waals surface area contributed by atoms with Crippen molar-refractivity contribution >= 4 is 14.4 Å². The van der Waals surface area contributed by atoms with E-state index in [1.165, 1.54) is 5.56 Å². The summed E-state index contributed by atoms with van der Waals surface area (Å²) < 4.78 is 25.6. The molecule has 7 heteroatoms. The van der Waals surface area contributed by atoms with Crippen molar-refractivity contribution in [1.29, 1.82) is 0 Å². The number of hydrogen-bond acceptors (Lipinski definition) is 5. The van der Waals surface area contributed by atoms with Crippen molar-refractivity contribution in [2.24, 2.45) is 0 Å². The van der Waals surface area contributed by atoms with Crippen LogP contribution in [0.15, 0.2) is 78.9 Å². The molecule has 0 fully saturated rings. The molecule has 6 nitrogen and oxygen atoms in total. The summed E-state index contributed by atoms with van der Waals surface area (Å²) in [6.07, 6.45) is 3.29. The van der Waals surface area contributed by atoms with Gasteiger partial charge in [-0.3, -0.25) is 4.90 Å². The number of carbonyl (C=O) groups is 1. The molecule has 1 amide bonds. The lowest BCUT2D eigenvalue weighted by molar-refractivity contribution is -0.00103. The maximum absolute atomic E-state index is 14.1. The fraction of sp³-hybridized carbons (Fsp3) is 0.500. The number of amides is 1. The van der Waals surface area contributed by atoms with Gasteiger partial charge >= 0.3 is 6.09 Å². The van der Waals surface area contributed by atoms with Crippen molar-refractivity contribution < 1.29 is 23.4 Å². The minimum absolute atomic E-state index is 0.135. The highest BCUT2D eigenvalue weighted by Gasteiger charge is 2.37. The fourth-order valence-electron chi connectivity index (χ4n) is 6.14. The van der Waals surface area contributed by atoms with Crippen LogP contribution in [-0.4, -0.2) is 44.2 Å². The van der Waals surface area contributed by atoms with Gasteiger partial charge in [0.2, 0.25) is 0 Å². The van der Waals surface area contributed by atoms with Crippen molar-refractivity contribution in [3.8, 4) is 11.5 Å². The van der Waals surface area contributed by atoms with Gasteiger partial charge in [-0.2, -0.15) is 0 Å². The second-order valence-electron chi connectivity index (χ2n) is 13.1. The van der Waals surface area contributed by atoms with Crippen LogP contribution >= 0.6 is 0 Å². The monoisotopic (exact) mass is 631 g/mol. The summed E-state index contributed by atoms with van der Waals surface area (Å²) in [5.41, 5.74) is 2.91. The molecule has 0 heterocycles. The van der Waals surface area contributed by atoms with Crippen LogP contribution in [0.3, 0.4) is 0 Å². The Kier molecular flexibility index (Phi) is 12.5. The first-order valence-electron chi connectivity index (χ1n) is 16.8. The number of para-hydroxylation sites is 1. The summed E-state index contributed by atoms with van der Waals surface area (Å²) in [5, 5.41) is 0. The smallest absolute Gasteiger partial charge is 0.410 e. The fourth-order valence-corrected chi connectivity index (χ4v) is 8.99. The first kappa shape index (κ1) is 34.6. The number of nitrogens with zero attached hydrogens (tertiary/aromatic N) is 1. The van der Waals surface area contributed by atoms with E-state index in [0.29, 0.717) is 19.8 Å². The van der Waals surface area contributed by atoms with Gasteiger partial charge in [0.25, 0.3) is 0 Å². The van der Waals surface area contributed by atoms with Crippen molar-refractivity contribution in [3.05, 3.63) is 95.6 Å². The molecule has 4 rings (SSSR count). The van der Waals surface area contributed by atoms with Gasteiger partial charge in [-0.05, 0) is 99.1 Å². The summed E-state index contributed by atoms with van der Waals surface area (Å²) >= 11 is 0. The zero-order valence-corrected chi connectivity index (χ0v) is 29.2. The first-order chi connectivity index (χ1) is 21.6. The number of benzene rings is 3. The molecule has 3 aromatic carbocycles. The molecular weight excluding hydrogens is 579 g/mol. The molecule has 244 valence electrons. The maximum atomic E-state index is 14.1. The Morgan fingerprint density at radius 1 is 0.867 bits per heavy atom. The highest BCUT2D eigenvalue weighted by atomic mass is 28.4. The summed E-state index contributed by atoms with van der Waals surface area (Å²) in [6, 6.07) is 29.4. The summed E-state index contributed by atoms with van der Waals surface area (Å²) in [7, 11) is -2.02. The lowest BCUT2D eigenvalue weighted by atomic mass is 9.97. The molecule has 0 aromatic heterocycles. The molecule has 0 saturated carbocycles. The lowest BCUT2D eigenvalue weighted by Gasteiger charge is -2.39. The van der Waals surface area contributed by atoms with E-state index in [4.69, 9.17) is 18.6 Å². The SMILES string of the molecule is CC[Si](CC)(CC)O[C@H](COc1ccccc1)CN(C(=O)OC(C)(C)C)C1CCCCc2cc(OCc3ccccc3)ccc21. The normalized spacial score (nSPS) is 15.8. The summed E-state index contributed by atoms with van der Waals surface area (Å²) in [5.74, 6) is 1.65. The second kappa shape index (κ2) is 16.3. The Hall–Kier alpha value is -3.29. The number of carbonyl (C=O) groups excluding carboxylic acids is 1. The van der Waals surface area contributed by atoms with Gasteiger partial charge in [-0.1, -0.05) is 81.8 Å². The average molecular weight is 632 g/mol. The van der Waals surface area contributed by atoms with Gasteiger partial charge < -0.3 is 18.6 Å². The lowest BCUT2D eigenvalue weighted by Crippen LogP contribution is -2.49. The minimum Gasteiger partial charge on any atom is -0.491 e. The van der Waals surface area contributed by atoms with E-state index >= 15 is 0 Å². The first-order valence-corrected chi connectivity index (χ1v) is 19.3.